The van der Waals surface area contributed by atoms with Gasteiger partial charge in [0, 0.05) is 16.8 Å². The van der Waals surface area contributed by atoms with Gasteiger partial charge < -0.3 is 10.5 Å². The number of hydrogen-bond donors (Lipinski definition) is 1. The molecular weight excluding hydrogens is 234 g/mol. The van der Waals surface area contributed by atoms with Crippen LogP contribution >= 0.6 is 11.8 Å². The number of nitrogen functional groups attached to an aromatic ring is 1. The van der Waals surface area contributed by atoms with E-state index in [-0.39, 0.29) is 0 Å². The number of benzene rings is 1. The van der Waals surface area contributed by atoms with Crippen molar-refractivity contribution in [3.05, 3.63) is 36.7 Å². The van der Waals surface area contributed by atoms with Crippen molar-refractivity contribution in [3.8, 4) is 5.75 Å². The Morgan fingerprint density at radius 1 is 1.35 bits per heavy atom. The molecule has 0 unspecified atom stereocenters. The van der Waals surface area contributed by atoms with Crippen LogP contribution in [0.5, 0.6) is 5.75 Å². The molecule has 1 aromatic heterocycles. The van der Waals surface area contributed by atoms with Gasteiger partial charge in [0.05, 0.1) is 25.5 Å². The molecule has 0 spiro atoms. The molecule has 0 radical (unpaired) electrons. The van der Waals surface area contributed by atoms with Crippen molar-refractivity contribution < 1.29 is 4.74 Å². The summed E-state index contributed by atoms with van der Waals surface area (Å²) in [7, 11) is 1.67. The first kappa shape index (κ1) is 11.9. The minimum Gasteiger partial charge on any atom is -0.497 e. The molecule has 0 aliphatic heterocycles. The molecule has 0 bridgehead atoms. The highest BCUT2D eigenvalue weighted by Gasteiger charge is 1.97. The van der Waals surface area contributed by atoms with Crippen LogP contribution in [-0.2, 0) is 6.54 Å². The third-order valence-corrected chi connectivity index (χ3v) is 3.29. The highest BCUT2D eigenvalue weighted by atomic mass is 32.2. The predicted octanol–water partition coefficient (Wildman–Crippen LogP) is 2.27. The molecule has 2 N–H and O–H groups in total. The van der Waals surface area contributed by atoms with E-state index in [1.807, 2.05) is 23.0 Å². The van der Waals surface area contributed by atoms with Crippen LogP contribution in [0.3, 0.4) is 0 Å². The number of nitrogens with two attached hydrogens (primary N) is 1. The van der Waals surface area contributed by atoms with Crippen molar-refractivity contribution in [2.45, 2.75) is 11.4 Å². The maximum Gasteiger partial charge on any atom is 0.118 e. The average molecular weight is 249 g/mol. The van der Waals surface area contributed by atoms with Crippen LogP contribution in [0.15, 0.2) is 41.6 Å². The zero-order chi connectivity index (χ0) is 12.1. The zero-order valence-electron chi connectivity index (χ0n) is 9.67. The monoisotopic (exact) mass is 249 g/mol. The SMILES string of the molecule is COc1ccc(SCCn2cc(N)cn2)cc1. The van der Waals surface area contributed by atoms with Crippen LogP contribution in [0.25, 0.3) is 0 Å². The summed E-state index contributed by atoms with van der Waals surface area (Å²) in [4.78, 5) is 1.23. The van der Waals surface area contributed by atoms with Crippen molar-refractivity contribution in [2.75, 3.05) is 18.6 Å². The lowest BCUT2D eigenvalue weighted by atomic mass is 10.3. The molecule has 4 nitrogen and oxygen atoms in total. The zero-order valence-corrected chi connectivity index (χ0v) is 10.5. The number of aryl methyl sites for hydroxylation is 1. The van der Waals surface area contributed by atoms with Crippen molar-refractivity contribution in [1.82, 2.24) is 9.78 Å². The molecule has 17 heavy (non-hydrogen) atoms. The van der Waals surface area contributed by atoms with E-state index in [0.29, 0.717) is 5.69 Å². The standard InChI is InChI=1S/C12H15N3OS/c1-16-11-2-4-12(5-3-11)17-7-6-15-9-10(13)8-14-15/h2-5,8-9H,6-7,13H2,1H3. The molecule has 0 saturated heterocycles. The molecule has 0 aliphatic rings. The summed E-state index contributed by atoms with van der Waals surface area (Å²) in [6, 6.07) is 8.05. The quantitative estimate of drug-likeness (QED) is 0.826. The largest absolute Gasteiger partial charge is 0.497 e. The van der Waals surface area contributed by atoms with Gasteiger partial charge in [0.25, 0.3) is 0 Å². The van der Waals surface area contributed by atoms with Crippen LogP contribution in [0.4, 0.5) is 5.69 Å². The van der Waals surface area contributed by atoms with Gasteiger partial charge in [0.1, 0.15) is 5.75 Å². The van der Waals surface area contributed by atoms with Gasteiger partial charge in [-0.15, -0.1) is 11.8 Å². The van der Waals surface area contributed by atoms with Crippen LogP contribution in [0.1, 0.15) is 0 Å². The number of anilines is 1. The maximum absolute atomic E-state index is 5.59. The van der Waals surface area contributed by atoms with Gasteiger partial charge in [-0.3, -0.25) is 4.68 Å². The molecule has 0 amide bonds. The van der Waals surface area contributed by atoms with Crippen LogP contribution in [-0.4, -0.2) is 22.6 Å². The van der Waals surface area contributed by atoms with Crippen LogP contribution < -0.4 is 10.5 Å². The highest BCUT2D eigenvalue weighted by molar-refractivity contribution is 7.99. The van der Waals surface area contributed by atoms with E-state index >= 15 is 0 Å². The van der Waals surface area contributed by atoms with E-state index in [2.05, 4.69) is 17.2 Å². The molecule has 0 atom stereocenters. The number of methoxy groups -OCH3 is 1. The number of hydrogen-bond acceptors (Lipinski definition) is 4. The number of ether oxygens (including phenoxy) is 1. The first-order chi connectivity index (χ1) is 8.28. The lowest BCUT2D eigenvalue weighted by Crippen LogP contribution is -2.00. The fourth-order valence-corrected chi connectivity index (χ4v) is 2.27. The number of aromatic nitrogens is 2. The first-order valence-electron chi connectivity index (χ1n) is 5.33. The van der Waals surface area contributed by atoms with Gasteiger partial charge in [0.2, 0.25) is 0 Å². The third-order valence-electron chi connectivity index (χ3n) is 2.30. The fraction of sp³-hybridized carbons (Fsp3) is 0.250. The second-order valence-corrected chi connectivity index (χ2v) is 4.73. The number of nitrogens with zero attached hydrogens (tertiary/aromatic N) is 2. The summed E-state index contributed by atoms with van der Waals surface area (Å²) in [5.74, 6) is 1.85. The average Bonchev–Trinajstić information content (AvgIpc) is 2.76. The third kappa shape index (κ3) is 3.42. The normalized spacial score (nSPS) is 10.4. The van der Waals surface area contributed by atoms with Crippen molar-refractivity contribution in [1.29, 1.82) is 0 Å². The minimum atomic E-state index is 0.708. The fourth-order valence-electron chi connectivity index (χ4n) is 1.43. The molecule has 1 heterocycles. The molecule has 5 heteroatoms. The number of thioether (sulfide) groups is 1. The molecule has 2 rings (SSSR count). The molecule has 90 valence electrons. The summed E-state index contributed by atoms with van der Waals surface area (Å²) in [5.41, 5.74) is 6.30. The molecule has 2 aromatic rings. The minimum absolute atomic E-state index is 0.708. The van der Waals surface area contributed by atoms with Crippen molar-refractivity contribution in [3.63, 3.8) is 0 Å². The Labute approximate surface area is 105 Å². The van der Waals surface area contributed by atoms with E-state index < -0.39 is 0 Å². The molecular formula is C12H15N3OS. The van der Waals surface area contributed by atoms with Crippen molar-refractivity contribution >= 4 is 17.4 Å². The van der Waals surface area contributed by atoms with Gasteiger partial charge in [-0.2, -0.15) is 5.10 Å². The Kier molecular flexibility index (Phi) is 3.93. The van der Waals surface area contributed by atoms with Gasteiger partial charge in [0.15, 0.2) is 0 Å². The van der Waals surface area contributed by atoms with Gasteiger partial charge in [-0.05, 0) is 24.3 Å². The van der Waals surface area contributed by atoms with Crippen LogP contribution in [0, 0.1) is 0 Å². The van der Waals surface area contributed by atoms with Gasteiger partial charge in [-0.25, -0.2) is 0 Å². The van der Waals surface area contributed by atoms with Crippen LogP contribution in [0.2, 0.25) is 0 Å². The predicted molar refractivity (Wildman–Crippen MR) is 70.4 cm³/mol. The van der Waals surface area contributed by atoms with Gasteiger partial charge in [-0.1, -0.05) is 0 Å². The second-order valence-electron chi connectivity index (χ2n) is 3.56. The Morgan fingerprint density at radius 3 is 2.71 bits per heavy atom. The van der Waals surface area contributed by atoms with E-state index in [9.17, 15) is 0 Å². The summed E-state index contributed by atoms with van der Waals surface area (Å²) < 4.78 is 6.96. The van der Waals surface area contributed by atoms with E-state index in [1.54, 1.807) is 25.1 Å². The molecule has 1 aromatic carbocycles. The molecule has 0 aliphatic carbocycles. The first-order valence-corrected chi connectivity index (χ1v) is 6.31. The van der Waals surface area contributed by atoms with E-state index in [4.69, 9.17) is 10.5 Å². The van der Waals surface area contributed by atoms with Crippen molar-refractivity contribution in [2.24, 2.45) is 0 Å². The topological polar surface area (TPSA) is 53.1 Å². The summed E-state index contributed by atoms with van der Waals surface area (Å²) in [6.07, 6.45) is 3.51. The maximum atomic E-state index is 5.59. The van der Waals surface area contributed by atoms with E-state index in [0.717, 1.165) is 18.0 Å². The van der Waals surface area contributed by atoms with Gasteiger partial charge >= 0.3 is 0 Å². The summed E-state index contributed by atoms with van der Waals surface area (Å²) in [6.45, 7) is 0.855. The number of rotatable bonds is 5. The lowest BCUT2D eigenvalue weighted by molar-refractivity contribution is 0.414. The molecule has 0 fully saturated rings. The highest BCUT2D eigenvalue weighted by Crippen LogP contribution is 2.21. The Hall–Kier alpha value is -1.62. The second kappa shape index (κ2) is 5.63. The summed E-state index contributed by atoms with van der Waals surface area (Å²) >= 11 is 1.79. The Balaban J connectivity index is 1.81. The molecule has 0 saturated carbocycles. The Morgan fingerprint density at radius 2 is 2.12 bits per heavy atom. The lowest BCUT2D eigenvalue weighted by Gasteiger charge is -2.03. The summed E-state index contributed by atoms with van der Waals surface area (Å²) in [5, 5.41) is 4.13. The van der Waals surface area contributed by atoms with E-state index in [1.165, 1.54) is 4.90 Å². The Bertz CT molecular complexity index is 467. The smallest absolute Gasteiger partial charge is 0.118 e.